The van der Waals surface area contributed by atoms with Gasteiger partial charge >= 0.3 is 0 Å². The predicted octanol–water partition coefficient (Wildman–Crippen LogP) is 5.99. The van der Waals surface area contributed by atoms with Gasteiger partial charge < -0.3 is 0 Å². The van der Waals surface area contributed by atoms with Crippen molar-refractivity contribution in [1.29, 1.82) is 0 Å². The van der Waals surface area contributed by atoms with Crippen molar-refractivity contribution in [3.8, 4) is 0 Å². The standard InChI is InChI=1S/C27H26P2/c1-2-27(28(23-15-7-3-8-16-23)24-17-9-4-10-18-24)29(25-19-11-5-12-20-25)26-21-13-6-14-22-26/h3-22,27H,2H2,1H3. The highest BCUT2D eigenvalue weighted by Crippen LogP contribution is 2.57. The second kappa shape index (κ2) is 9.98. The average Bonchev–Trinajstić information content (AvgIpc) is 2.81. The van der Waals surface area contributed by atoms with Crippen molar-refractivity contribution in [3.05, 3.63) is 121 Å². The first kappa shape index (κ1) is 20.0. The fraction of sp³-hybridized carbons (Fsp3) is 0.111. The number of rotatable bonds is 7. The molecule has 0 N–H and O–H groups in total. The quantitative estimate of drug-likeness (QED) is 0.327. The van der Waals surface area contributed by atoms with Gasteiger partial charge in [-0.15, -0.1) is 0 Å². The lowest BCUT2D eigenvalue weighted by atomic mass is 10.4. The summed E-state index contributed by atoms with van der Waals surface area (Å²) in [5.74, 6) is 0. The lowest BCUT2D eigenvalue weighted by Crippen LogP contribution is -2.27. The molecular formula is C27H26P2. The zero-order valence-corrected chi connectivity index (χ0v) is 18.5. The van der Waals surface area contributed by atoms with Gasteiger partial charge in [-0.3, -0.25) is 0 Å². The molecule has 0 fully saturated rings. The minimum atomic E-state index is -0.472. The van der Waals surface area contributed by atoms with E-state index in [1.807, 2.05) is 0 Å². The van der Waals surface area contributed by atoms with E-state index in [2.05, 4.69) is 128 Å². The van der Waals surface area contributed by atoms with Crippen LogP contribution in [0.4, 0.5) is 0 Å². The van der Waals surface area contributed by atoms with Crippen LogP contribution >= 0.6 is 15.8 Å². The van der Waals surface area contributed by atoms with Crippen LogP contribution in [0.25, 0.3) is 0 Å². The van der Waals surface area contributed by atoms with E-state index in [-0.39, 0.29) is 0 Å². The van der Waals surface area contributed by atoms with Crippen LogP contribution in [0.5, 0.6) is 0 Å². The largest absolute Gasteiger partial charge is 0.0644 e. The van der Waals surface area contributed by atoms with Crippen molar-refractivity contribution in [2.24, 2.45) is 0 Å². The molecule has 0 saturated carbocycles. The highest BCUT2D eigenvalue weighted by Gasteiger charge is 2.32. The Kier molecular flexibility index (Phi) is 6.89. The van der Waals surface area contributed by atoms with Gasteiger partial charge in [0.05, 0.1) is 0 Å². The summed E-state index contributed by atoms with van der Waals surface area (Å²) in [5, 5.41) is 6.47. The van der Waals surface area contributed by atoms with Crippen LogP contribution in [0.3, 0.4) is 0 Å². The molecule has 0 aliphatic rings. The van der Waals surface area contributed by atoms with Crippen molar-refractivity contribution in [1.82, 2.24) is 0 Å². The number of benzene rings is 4. The van der Waals surface area contributed by atoms with Crippen LogP contribution < -0.4 is 21.2 Å². The van der Waals surface area contributed by atoms with Gasteiger partial charge in [0.25, 0.3) is 0 Å². The minimum absolute atomic E-state index is 0.472. The highest BCUT2D eigenvalue weighted by molar-refractivity contribution is 7.89. The molecule has 0 heterocycles. The van der Waals surface area contributed by atoms with Crippen molar-refractivity contribution in [3.63, 3.8) is 0 Å². The van der Waals surface area contributed by atoms with Crippen molar-refractivity contribution < 1.29 is 0 Å². The zero-order valence-electron chi connectivity index (χ0n) is 16.7. The highest BCUT2D eigenvalue weighted by atomic mass is 31.2. The molecule has 29 heavy (non-hydrogen) atoms. The van der Waals surface area contributed by atoms with E-state index in [0.29, 0.717) is 5.40 Å². The molecule has 0 aromatic heterocycles. The molecule has 0 aliphatic carbocycles. The second-order valence-corrected chi connectivity index (χ2v) is 12.2. The summed E-state index contributed by atoms with van der Waals surface area (Å²) in [7, 11) is -0.944. The first-order valence-corrected chi connectivity index (χ1v) is 13.0. The van der Waals surface area contributed by atoms with Crippen LogP contribution in [0, 0.1) is 0 Å². The summed E-state index contributed by atoms with van der Waals surface area (Å²) in [4.78, 5) is 0. The summed E-state index contributed by atoms with van der Waals surface area (Å²) >= 11 is 0. The summed E-state index contributed by atoms with van der Waals surface area (Å²) in [6.45, 7) is 2.37. The maximum atomic E-state index is 2.37. The Balaban J connectivity index is 1.88. The molecule has 4 rings (SSSR count). The molecule has 4 aromatic carbocycles. The Morgan fingerprint density at radius 3 is 0.897 bits per heavy atom. The molecule has 0 atom stereocenters. The summed E-state index contributed by atoms with van der Waals surface area (Å²) in [5.41, 5.74) is 0. The van der Waals surface area contributed by atoms with Crippen molar-refractivity contribution in [2.75, 3.05) is 0 Å². The van der Waals surface area contributed by atoms with Gasteiger partial charge in [0.1, 0.15) is 0 Å². The molecule has 144 valence electrons. The van der Waals surface area contributed by atoms with E-state index in [9.17, 15) is 0 Å². The Labute approximate surface area is 177 Å². The van der Waals surface area contributed by atoms with Gasteiger partial charge in [-0.1, -0.05) is 128 Å². The first-order valence-electron chi connectivity index (χ1n) is 10.2. The predicted molar refractivity (Wildman–Crippen MR) is 132 cm³/mol. The molecule has 0 radical (unpaired) electrons. The summed E-state index contributed by atoms with van der Waals surface area (Å²) < 4.78 is 0. The van der Waals surface area contributed by atoms with Gasteiger partial charge in [0.15, 0.2) is 0 Å². The van der Waals surface area contributed by atoms with Crippen LogP contribution in [0.15, 0.2) is 121 Å². The normalized spacial score (nSPS) is 11.3. The molecule has 0 aliphatic heterocycles. The average molecular weight is 412 g/mol. The van der Waals surface area contributed by atoms with Crippen LogP contribution in [0.2, 0.25) is 0 Å². The molecule has 0 saturated heterocycles. The van der Waals surface area contributed by atoms with Crippen LogP contribution in [-0.4, -0.2) is 5.40 Å². The molecule has 0 unspecified atom stereocenters. The lowest BCUT2D eigenvalue weighted by Gasteiger charge is -2.35. The third-order valence-electron chi connectivity index (χ3n) is 5.10. The fourth-order valence-electron chi connectivity index (χ4n) is 3.82. The minimum Gasteiger partial charge on any atom is -0.0644 e. The molecule has 0 bridgehead atoms. The van der Waals surface area contributed by atoms with E-state index in [4.69, 9.17) is 0 Å². The van der Waals surface area contributed by atoms with Gasteiger partial charge in [0.2, 0.25) is 0 Å². The number of hydrogen-bond donors (Lipinski definition) is 0. The van der Waals surface area contributed by atoms with E-state index in [0.717, 1.165) is 6.42 Å². The Bertz CT molecular complexity index is 824. The topological polar surface area (TPSA) is 0 Å². The lowest BCUT2D eigenvalue weighted by molar-refractivity contribution is 1.04. The third-order valence-corrected chi connectivity index (χ3v) is 11.8. The van der Waals surface area contributed by atoms with Crippen molar-refractivity contribution in [2.45, 2.75) is 18.7 Å². The first-order chi connectivity index (χ1) is 14.4. The Morgan fingerprint density at radius 1 is 0.448 bits per heavy atom. The summed E-state index contributed by atoms with van der Waals surface area (Å²) in [6.07, 6.45) is 1.16. The van der Waals surface area contributed by atoms with Gasteiger partial charge in [-0.2, -0.15) is 0 Å². The maximum absolute atomic E-state index is 2.37. The van der Waals surface area contributed by atoms with E-state index in [1.165, 1.54) is 21.2 Å². The zero-order chi connectivity index (χ0) is 19.9. The van der Waals surface area contributed by atoms with E-state index < -0.39 is 15.8 Å². The Hall–Kier alpha value is -2.26. The SMILES string of the molecule is CCC(P(c1ccccc1)c1ccccc1)P(c1ccccc1)c1ccccc1. The molecule has 0 spiro atoms. The van der Waals surface area contributed by atoms with Gasteiger partial charge in [0, 0.05) is 5.40 Å². The monoisotopic (exact) mass is 412 g/mol. The number of hydrogen-bond acceptors (Lipinski definition) is 0. The Morgan fingerprint density at radius 2 is 0.690 bits per heavy atom. The van der Waals surface area contributed by atoms with E-state index in [1.54, 1.807) is 0 Å². The summed E-state index contributed by atoms with van der Waals surface area (Å²) in [6, 6.07) is 44.6. The smallest absolute Gasteiger partial charge is 0.0152 e. The van der Waals surface area contributed by atoms with Crippen LogP contribution in [-0.2, 0) is 0 Å². The van der Waals surface area contributed by atoms with Gasteiger partial charge in [-0.05, 0) is 43.5 Å². The molecule has 0 amide bonds. The second-order valence-electron chi connectivity index (χ2n) is 6.97. The molecule has 0 nitrogen and oxygen atoms in total. The maximum Gasteiger partial charge on any atom is 0.0152 e. The molecule has 4 aromatic rings. The van der Waals surface area contributed by atoms with Gasteiger partial charge in [-0.25, -0.2) is 0 Å². The molecular weight excluding hydrogens is 386 g/mol. The molecule has 2 heteroatoms. The van der Waals surface area contributed by atoms with Crippen molar-refractivity contribution >= 4 is 37.1 Å². The van der Waals surface area contributed by atoms with E-state index >= 15 is 0 Å². The third kappa shape index (κ3) is 4.67. The van der Waals surface area contributed by atoms with Crippen LogP contribution in [0.1, 0.15) is 13.3 Å². The fourth-order valence-corrected chi connectivity index (χ4v) is 11.0.